The molecule has 6 heteroatoms. The van der Waals surface area contributed by atoms with Gasteiger partial charge in [-0.25, -0.2) is 0 Å². The van der Waals surface area contributed by atoms with Crippen LogP contribution in [0.15, 0.2) is 48.5 Å². The van der Waals surface area contributed by atoms with Crippen molar-refractivity contribution < 1.29 is 4.92 Å². The van der Waals surface area contributed by atoms with Crippen molar-refractivity contribution in [2.24, 2.45) is 0 Å². The molecule has 26 heavy (non-hydrogen) atoms. The number of rotatable bonds is 7. The molecule has 2 aromatic carbocycles. The Morgan fingerprint density at radius 1 is 1.19 bits per heavy atom. The highest BCUT2D eigenvalue weighted by atomic mass is 16.6. The van der Waals surface area contributed by atoms with E-state index in [1.807, 2.05) is 12.1 Å². The lowest BCUT2D eigenvalue weighted by molar-refractivity contribution is -0.384. The summed E-state index contributed by atoms with van der Waals surface area (Å²) >= 11 is 0. The van der Waals surface area contributed by atoms with Crippen LogP contribution in [0.2, 0.25) is 0 Å². The minimum absolute atomic E-state index is 0.126. The monoisotopic (exact) mass is 354 g/mol. The van der Waals surface area contributed by atoms with Gasteiger partial charge in [0.1, 0.15) is 5.69 Å². The Bertz CT molecular complexity index is 736. The summed E-state index contributed by atoms with van der Waals surface area (Å²) in [6.07, 6.45) is 2.31. The third-order valence-electron chi connectivity index (χ3n) is 4.88. The fourth-order valence-electron chi connectivity index (χ4n) is 3.52. The van der Waals surface area contributed by atoms with Gasteiger partial charge >= 0.3 is 0 Å². The van der Waals surface area contributed by atoms with Crippen molar-refractivity contribution in [1.82, 2.24) is 10.2 Å². The van der Waals surface area contributed by atoms with Gasteiger partial charge in [0.15, 0.2) is 0 Å². The number of nitrogens with zero attached hydrogens (tertiary/aromatic N) is 2. The summed E-state index contributed by atoms with van der Waals surface area (Å²) < 4.78 is 0. The molecule has 138 valence electrons. The average molecular weight is 354 g/mol. The van der Waals surface area contributed by atoms with Crippen LogP contribution < -0.4 is 10.6 Å². The molecule has 0 aromatic heterocycles. The van der Waals surface area contributed by atoms with E-state index < -0.39 is 0 Å². The smallest absolute Gasteiger partial charge is 0.292 e. The molecule has 3 rings (SSSR count). The van der Waals surface area contributed by atoms with Crippen LogP contribution in [0.4, 0.5) is 11.4 Å². The summed E-state index contributed by atoms with van der Waals surface area (Å²) in [5, 5.41) is 17.6. The molecule has 6 nitrogen and oxygen atoms in total. The Morgan fingerprint density at radius 2 is 2.00 bits per heavy atom. The molecule has 0 saturated carbocycles. The molecule has 0 bridgehead atoms. The van der Waals surface area contributed by atoms with Crippen LogP contribution in [-0.2, 0) is 13.1 Å². The van der Waals surface area contributed by atoms with Gasteiger partial charge in [-0.1, -0.05) is 36.4 Å². The Labute approximate surface area is 154 Å². The van der Waals surface area contributed by atoms with Gasteiger partial charge in [-0.05, 0) is 36.6 Å². The van der Waals surface area contributed by atoms with E-state index in [0.29, 0.717) is 18.3 Å². The van der Waals surface area contributed by atoms with Crippen molar-refractivity contribution in [2.45, 2.75) is 32.0 Å². The largest absolute Gasteiger partial charge is 0.383 e. The molecule has 1 atom stereocenters. The van der Waals surface area contributed by atoms with E-state index in [4.69, 9.17) is 0 Å². The van der Waals surface area contributed by atoms with Crippen molar-refractivity contribution in [1.29, 1.82) is 0 Å². The first-order valence-electron chi connectivity index (χ1n) is 9.10. The summed E-state index contributed by atoms with van der Waals surface area (Å²) in [7, 11) is 1.70. The minimum Gasteiger partial charge on any atom is -0.383 e. The number of hydrogen-bond acceptors (Lipinski definition) is 5. The second-order valence-corrected chi connectivity index (χ2v) is 6.80. The zero-order valence-electron chi connectivity index (χ0n) is 15.1. The molecular formula is C20H26N4O2. The number of piperidine rings is 1. The van der Waals surface area contributed by atoms with E-state index in [2.05, 4.69) is 39.8 Å². The normalized spacial score (nSPS) is 17.8. The Kier molecular flexibility index (Phi) is 6.20. The van der Waals surface area contributed by atoms with Crippen LogP contribution >= 0.6 is 0 Å². The van der Waals surface area contributed by atoms with Gasteiger partial charge in [0.2, 0.25) is 0 Å². The van der Waals surface area contributed by atoms with E-state index >= 15 is 0 Å². The number of likely N-dealkylation sites (tertiary alicyclic amines) is 1. The molecule has 1 aliphatic rings. The van der Waals surface area contributed by atoms with Gasteiger partial charge in [-0.2, -0.15) is 0 Å². The summed E-state index contributed by atoms with van der Waals surface area (Å²) in [5.74, 6) is 0. The topological polar surface area (TPSA) is 70.4 Å². The van der Waals surface area contributed by atoms with Crippen LogP contribution in [0.5, 0.6) is 0 Å². The van der Waals surface area contributed by atoms with Crippen LogP contribution in [0.1, 0.15) is 24.0 Å². The molecule has 2 aromatic rings. The van der Waals surface area contributed by atoms with Gasteiger partial charge in [-0.3, -0.25) is 15.0 Å². The molecule has 2 N–H and O–H groups in total. The van der Waals surface area contributed by atoms with Crippen LogP contribution in [0, 0.1) is 10.1 Å². The highest BCUT2D eigenvalue weighted by molar-refractivity contribution is 5.62. The second kappa shape index (κ2) is 8.78. The number of benzene rings is 2. The number of anilines is 1. The summed E-state index contributed by atoms with van der Waals surface area (Å²) in [6.45, 7) is 3.75. The first-order valence-corrected chi connectivity index (χ1v) is 9.10. The maximum Gasteiger partial charge on any atom is 0.292 e. The molecular weight excluding hydrogens is 328 g/mol. The number of hydrogen-bond donors (Lipinski definition) is 2. The maximum atomic E-state index is 11.2. The standard InChI is InChI=1S/C20H26N4O2/c1-21-19-10-9-17(12-20(19)24(25)26)13-22-18-8-5-11-23(15-18)14-16-6-3-2-4-7-16/h2-4,6-7,9-10,12,18,21-22H,5,8,11,13-15H2,1H3. The molecule has 0 radical (unpaired) electrons. The third kappa shape index (κ3) is 4.80. The van der Waals surface area contributed by atoms with E-state index in [1.165, 1.54) is 12.0 Å². The molecule has 1 heterocycles. The predicted octanol–water partition coefficient (Wildman–Crippen LogP) is 3.39. The van der Waals surface area contributed by atoms with Gasteiger partial charge in [-0.15, -0.1) is 0 Å². The van der Waals surface area contributed by atoms with Crippen molar-refractivity contribution >= 4 is 11.4 Å². The second-order valence-electron chi connectivity index (χ2n) is 6.80. The van der Waals surface area contributed by atoms with E-state index in [0.717, 1.165) is 31.6 Å². The fourth-order valence-corrected chi connectivity index (χ4v) is 3.52. The minimum atomic E-state index is -0.336. The van der Waals surface area contributed by atoms with Crippen molar-refractivity contribution in [3.05, 3.63) is 69.8 Å². The SMILES string of the molecule is CNc1ccc(CNC2CCCN(Cc3ccccc3)C2)cc1[N+](=O)[O-]. The van der Waals surface area contributed by atoms with Crippen LogP contribution in [0.25, 0.3) is 0 Å². The van der Waals surface area contributed by atoms with E-state index in [9.17, 15) is 10.1 Å². The lowest BCUT2D eigenvalue weighted by Gasteiger charge is -2.33. The first kappa shape index (κ1) is 18.4. The molecule has 0 spiro atoms. The summed E-state index contributed by atoms with van der Waals surface area (Å²) in [6, 6.07) is 16.3. The lowest BCUT2D eigenvalue weighted by atomic mass is 10.0. The summed E-state index contributed by atoms with van der Waals surface area (Å²) in [4.78, 5) is 13.3. The van der Waals surface area contributed by atoms with Gasteiger partial charge < -0.3 is 10.6 Å². The average Bonchev–Trinajstić information content (AvgIpc) is 2.67. The number of nitro benzene ring substituents is 1. The predicted molar refractivity (Wildman–Crippen MR) is 104 cm³/mol. The van der Waals surface area contributed by atoms with Crippen LogP contribution in [0.3, 0.4) is 0 Å². The molecule has 0 amide bonds. The molecule has 1 saturated heterocycles. The molecule has 1 aliphatic heterocycles. The van der Waals surface area contributed by atoms with E-state index in [1.54, 1.807) is 19.2 Å². The zero-order valence-corrected chi connectivity index (χ0v) is 15.1. The first-order chi connectivity index (χ1) is 12.7. The lowest BCUT2D eigenvalue weighted by Crippen LogP contribution is -2.45. The summed E-state index contributed by atoms with van der Waals surface area (Å²) in [5.41, 5.74) is 2.95. The quantitative estimate of drug-likeness (QED) is 0.589. The van der Waals surface area contributed by atoms with Gasteiger partial charge in [0, 0.05) is 38.8 Å². The Morgan fingerprint density at radius 3 is 2.73 bits per heavy atom. The maximum absolute atomic E-state index is 11.2. The number of nitrogens with one attached hydrogen (secondary N) is 2. The Hall–Kier alpha value is -2.44. The van der Waals surface area contributed by atoms with Crippen molar-refractivity contribution in [3.63, 3.8) is 0 Å². The number of nitro groups is 1. The van der Waals surface area contributed by atoms with Crippen molar-refractivity contribution in [3.8, 4) is 0 Å². The van der Waals surface area contributed by atoms with E-state index in [-0.39, 0.29) is 10.6 Å². The van der Waals surface area contributed by atoms with Crippen LogP contribution in [-0.4, -0.2) is 36.0 Å². The highest BCUT2D eigenvalue weighted by Crippen LogP contribution is 2.25. The molecule has 1 unspecified atom stereocenters. The zero-order chi connectivity index (χ0) is 18.4. The molecule has 0 aliphatic carbocycles. The van der Waals surface area contributed by atoms with Gasteiger partial charge in [0.05, 0.1) is 4.92 Å². The van der Waals surface area contributed by atoms with Crippen molar-refractivity contribution in [2.75, 3.05) is 25.5 Å². The van der Waals surface area contributed by atoms with Gasteiger partial charge in [0.25, 0.3) is 5.69 Å². The third-order valence-corrected chi connectivity index (χ3v) is 4.88. The Balaban J connectivity index is 1.56. The highest BCUT2D eigenvalue weighted by Gasteiger charge is 2.20. The molecule has 1 fully saturated rings. The fraction of sp³-hybridized carbons (Fsp3) is 0.400.